The van der Waals surface area contributed by atoms with E-state index in [1.54, 1.807) is 0 Å². The van der Waals surface area contributed by atoms with Gasteiger partial charge >= 0.3 is 0 Å². The lowest BCUT2D eigenvalue weighted by atomic mass is 9.99. The topological polar surface area (TPSA) is 44.8 Å². The smallest absolute Gasteiger partial charge is 0.241 e. The maximum atomic E-state index is 12.7. The van der Waals surface area contributed by atoms with E-state index in [-0.39, 0.29) is 11.9 Å². The van der Waals surface area contributed by atoms with Crippen LogP contribution in [-0.2, 0) is 22.5 Å². The van der Waals surface area contributed by atoms with E-state index in [9.17, 15) is 4.79 Å². The lowest BCUT2D eigenvalue weighted by Gasteiger charge is -2.33. The average Bonchev–Trinajstić information content (AvgIpc) is 2.74. The summed E-state index contributed by atoms with van der Waals surface area (Å²) in [5, 5.41) is 3.07. The fourth-order valence-electron chi connectivity index (χ4n) is 3.84. The number of carbonyl (C=O) groups excluding carboxylic acids is 1. The lowest BCUT2D eigenvalue weighted by molar-refractivity contribution is -0.121. The first kappa shape index (κ1) is 18.0. The number of morpholine rings is 1. The van der Waals surface area contributed by atoms with Crippen LogP contribution in [0, 0.1) is 0 Å². The number of hydrogen-bond acceptors (Lipinski definition) is 4. The quantitative estimate of drug-likeness (QED) is 0.905. The van der Waals surface area contributed by atoms with Gasteiger partial charge in [-0.15, -0.1) is 0 Å². The Bertz CT molecular complexity index is 784. The van der Waals surface area contributed by atoms with Crippen molar-refractivity contribution >= 4 is 17.3 Å². The molecule has 5 heteroatoms. The normalized spacial score (nSPS) is 18.6. The van der Waals surface area contributed by atoms with Crippen LogP contribution in [0.5, 0.6) is 0 Å². The summed E-state index contributed by atoms with van der Waals surface area (Å²) in [5.74, 6) is 0.0495. The van der Waals surface area contributed by atoms with Crippen molar-refractivity contribution in [1.82, 2.24) is 4.90 Å². The summed E-state index contributed by atoms with van der Waals surface area (Å²) in [4.78, 5) is 17.3. The van der Waals surface area contributed by atoms with Gasteiger partial charge in [0, 0.05) is 37.6 Å². The molecule has 0 aliphatic carbocycles. The largest absolute Gasteiger partial charge is 0.378 e. The molecule has 2 aliphatic rings. The number of anilines is 2. The molecule has 2 heterocycles. The van der Waals surface area contributed by atoms with Crippen LogP contribution in [0.15, 0.2) is 48.5 Å². The number of carbonyl (C=O) groups is 1. The van der Waals surface area contributed by atoms with Gasteiger partial charge in [-0.05, 0) is 48.7 Å². The fraction of sp³-hybridized carbons (Fsp3) is 0.409. The summed E-state index contributed by atoms with van der Waals surface area (Å²) in [6, 6.07) is 16.5. The van der Waals surface area contributed by atoms with E-state index in [4.69, 9.17) is 4.74 Å². The Morgan fingerprint density at radius 2 is 1.70 bits per heavy atom. The highest BCUT2D eigenvalue weighted by Gasteiger charge is 2.25. The maximum absolute atomic E-state index is 12.7. The number of nitrogens with zero attached hydrogens (tertiary/aromatic N) is 2. The first-order chi connectivity index (χ1) is 13.2. The van der Waals surface area contributed by atoms with Crippen LogP contribution < -0.4 is 10.2 Å². The molecular formula is C22H27N3O2. The van der Waals surface area contributed by atoms with Crippen LogP contribution in [0.3, 0.4) is 0 Å². The van der Waals surface area contributed by atoms with Crippen molar-refractivity contribution in [3.8, 4) is 0 Å². The molecule has 4 rings (SSSR count). The van der Waals surface area contributed by atoms with Gasteiger partial charge in [0.15, 0.2) is 0 Å². The molecular weight excluding hydrogens is 338 g/mol. The highest BCUT2D eigenvalue weighted by atomic mass is 16.5. The Morgan fingerprint density at radius 3 is 2.44 bits per heavy atom. The molecule has 27 heavy (non-hydrogen) atoms. The van der Waals surface area contributed by atoms with Gasteiger partial charge in [0.2, 0.25) is 5.91 Å². The number of amides is 1. The maximum Gasteiger partial charge on any atom is 0.241 e. The second kappa shape index (κ2) is 8.11. The monoisotopic (exact) mass is 365 g/mol. The predicted molar refractivity (Wildman–Crippen MR) is 108 cm³/mol. The molecule has 1 atom stereocenters. The zero-order valence-electron chi connectivity index (χ0n) is 15.9. The van der Waals surface area contributed by atoms with Gasteiger partial charge in [0.1, 0.15) is 0 Å². The van der Waals surface area contributed by atoms with Crippen LogP contribution in [0.4, 0.5) is 11.4 Å². The van der Waals surface area contributed by atoms with E-state index in [1.807, 2.05) is 19.1 Å². The number of benzene rings is 2. The van der Waals surface area contributed by atoms with Crippen molar-refractivity contribution < 1.29 is 9.53 Å². The van der Waals surface area contributed by atoms with Crippen molar-refractivity contribution in [2.45, 2.75) is 25.9 Å². The molecule has 2 aromatic rings. The van der Waals surface area contributed by atoms with Crippen LogP contribution >= 0.6 is 0 Å². The van der Waals surface area contributed by atoms with Crippen molar-refractivity contribution in [2.75, 3.05) is 43.1 Å². The molecule has 0 spiro atoms. The highest BCUT2D eigenvalue weighted by molar-refractivity contribution is 5.94. The predicted octanol–water partition coefficient (Wildman–Crippen LogP) is 2.91. The molecule has 1 N–H and O–H groups in total. The molecule has 1 saturated heterocycles. The van der Waals surface area contributed by atoms with Crippen molar-refractivity contribution in [1.29, 1.82) is 0 Å². The minimum absolute atomic E-state index is 0.0495. The van der Waals surface area contributed by atoms with Gasteiger partial charge in [-0.3, -0.25) is 9.69 Å². The van der Waals surface area contributed by atoms with Crippen molar-refractivity contribution in [2.24, 2.45) is 0 Å². The van der Waals surface area contributed by atoms with Crippen LogP contribution in [0.2, 0.25) is 0 Å². The van der Waals surface area contributed by atoms with Gasteiger partial charge < -0.3 is 15.0 Å². The zero-order valence-corrected chi connectivity index (χ0v) is 15.9. The van der Waals surface area contributed by atoms with Crippen molar-refractivity contribution in [3.05, 3.63) is 59.7 Å². The van der Waals surface area contributed by atoms with E-state index < -0.39 is 0 Å². The van der Waals surface area contributed by atoms with Crippen LogP contribution in [0.1, 0.15) is 18.1 Å². The SMILES string of the molecule is C[C@@H](C(=O)Nc1ccc(N2CCOCC2)cc1)N1CCc2ccccc2C1. The van der Waals surface area contributed by atoms with E-state index in [2.05, 4.69) is 51.5 Å². The first-order valence-electron chi connectivity index (χ1n) is 9.75. The molecule has 0 radical (unpaired) electrons. The number of fused-ring (bicyclic) bond motifs is 1. The molecule has 2 aromatic carbocycles. The third-order valence-corrected chi connectivity index (χ3v) is 5.60. The molecule has 0 aromatic heterocycles. The Balaban J connectivity index is 1.36. The number of ether oxygens (including phenoxy) is 1. The second-order valence-corrected chi connectivity index (χ2v) is 7.30. The van der Waals surface area contributed by atoms with Gasteiger partial charge in [0.25, 0.3) is 0 Å². The summed E-state index contributed by atoms with van der Waals surface area (Å²) >= 11 is 0. The molecule has 5 nitrogen and oxygen atoms in total. The summed E-state index contributed by atoms with van der Waals surface area (Å²) in [7, 11) is 0. The molecule has 2 aliphatic heterocycles. The van der Waals surface area contributed by atoms with Crippen molar-refractivity contribution in [3.63, 3.8) is 0 Å². The van der Waals surface area contributed by atoms with E-state index >= 15 is 0 Å². The summed E-state index contributed by atoms with van der Waals surface area (Å²) in [6.45, 7) is 7.12. The Kier molecular flexibility index (Phi) is 5.41. The molecule has 1 fully saturated rings. The van der Waals surface area contributed by atoms with Gasteiger partial charge in [-0.2, -0.15) is 0 Å². The number of rotatable bonds is 4. The summed E-state index contributed by atoms with van der Waals surface area (Å²) in [6.07, 6.45) is 1.00. The molecule has 1 amide bonds. The summed E-state index contributed by atoms with van der Waals surface area (Å²) in [5.41, 5.74) is 4.76. The number of nitrogens with one attached hydrogen (secondary N) is 1. The molecule has 142 valence electrons. The molecule has 0 bridgehead atoms. The highest BCUT2D eigenvalue weighted by Crippen LogP contribution is 2.22. The fourth-order valence-corrected chi connectivity index (χ4v) is 3.84. The average molecular weight is 365 g/mol. The van der Waals surface area contributed by atoms with Crippen LogP contribution in [0.25, 0.3) is 0 Å². The van der Waals surface area contributed by atoms with E-state index in [1.165, 1.54) is 16.8 Å². The third-order valence-electron chi connectivity index (χ3n) is 5.60. The second-order valence-electron chi connectivity index (χ2n) is 7.30. The first-order valence-corrected chi connectivity index (χ1v) is 9.75. The minimum atomic E-state index is -0.155. The lowest BCUT2D eigenvalue weighted by Crippen LogP contribution is -2.44. The minimum Gasteiger partial charge on any atom is -0.378 e. The Labute approximate surface area is 160 Å². The summed E-state index contributed by atoms with van der Waals surface area (Å²) < 4.78 is 5.40. The Hall–Kier alpha value is -2.37. The van der Waals surface area contributed by atoms with E-state index in [0.717, 1.165) is 51.5 Å². The standard InChI is InChI=1S/C22H27N3O2/c1-17(25-11-10-18-4-2-3-5-19(18)16-25)22(26)23-20-6-8-21(9-7-20)24-12-14-27-15-13-24/h2-9,17H,10-16H2,1H3,(H,23,26)/t17-/m0/s1. The van der Waals surface area contributed by atoms with Gasteiger partial charge in [-0.25, -0.2) is 0 Å². The van der Waals surface area contributed by atoms with E-state index in [0.29, 0.717) is 0 Å². The van der Waals surface area contributed by atoms with Gasteiger partial charge in [-0.1, -0.05) is 24.3 Å². The van der Waals surface area contributed by atoms with Crippen LogP contribution in [-0.4, -0.2) is 49.7 Å². The number of hydrogen-bond donors (Lipinski definition) is 1. The zero-order chi connectivity index (χ0) is 18.6. The van der Waals surface area contributed by atoms with Gasteiger partial charge in [0.05, 0.1) is 19.3 Å². The molecule has 0 saturated carbocycles. The Morgan fingerprint density at radius 1 is 1.00 bits per heavy atom. The third kappa shape index (κ3) is 4.15. The molecule has 0 unspecified atom stereocenters.